The van der Waals surface area contributed by atoms with Crippen LogP contribution in [-0.2, 0) is 13.1 Å². The van der Waals surface area contributed by atoms with Gasteiger partial charge in [-0.1, -0.05) is 19.1 Å². The number of aromatic nitrogens is 4. The minimum atomic E-state index is -0.456. The molecule has 148 valence electrons. The molecule has 4 rings (SSSR count). The van der Waals surface area contributed by atoms with Crippen molar-refractivity contribution in [3.8, 4) is 5.75 Å². The Balaban J connectivity index is 1.86. The first-order chi connectivity index (χ1) is 14.0. The third-order valence-corrected chi connectivity index (χ3v) is 4.84. The number of Topliss-reactive ketones (excluding diaryl/α,β-unsaturated/α-hetero) is 1. The Kier molecular flexibility index (Phi) is 4.75. The highest BCUT2D eigenvalue weighted by Crippen LogP contribution is 2.13. The summed E-state index contributed by atoms with van der Waals surface area (Å²) in [6, 6.07) is 13.6. The molecule has 0 spiro atoms. The number of carbonyl (C=O) groups is 1. The van der Waals surface area contributed by atoms with Gasteiger partial charge in [0.05, 0.1) is 18.0 Å². The summed E-state index contributed by atoms with van der Waals surface area (Å²) in [7, 11) is 1.55. The van der Waals surface area contributed by atoms with Gasteiger partial charge in [-0.05, 0) is 42.8 Å². The predicted octanol–water partition coefficient (Wildman–Crippen LogP) is 2.11. The Bertz CT molecular complexity index is 1330. The van der Waals surface area contributed by atoms with Crippen molar-refractivity contribution < 1.29 is 9.53 Å². The van der Waals surface area contributed by atoms with Crippen molar-refractivity contribution >= 4 is 22.5 Å². The number of rotatable bonds is 6. The van der Waals surface area contributed by atoms with Gasteiger partial charge in [0.25, 0.3) is 5.56 Å². The van der Waals surface area contributed by atoms with Crippen molar-refractivity contribution in [3.63, 3.8) is 0 Å². The van der Waals surface area contributed by atoms with E-state index in [0.29, 0.717) is 35.2 Å². The van der Waals surface area contributed by atoms with Crippen LogP contribution in [0.4, 0.5) is 0 Å². The molecule has 2 heterocycles. The second kappa shape index (κ2) is 7.38. The molecule has 29 heavy (non-hydrogen) atoms. The van der Waals surface area contributed by atoms with Crippen LogP contribution >= 0.6 is 0 Å². The van der Waals surface area contributed by atoms with Gasteiger partial charge in [0.2, 0.25) is 5.78 Å². The van der Waals surface area contributed by atoms with Gasteiger partial charge in [-0.3, -0.25) is 14.2 Å². The van der Waals surface area contributed by atoms with E-state index >= 15 is 0 Å². The molecule has 4 aromatic rings. The van der Waals surface area contributed by atoms with E-state index < -0.39 is 5.69 Å². The molecule has 0 N–H and O–H groups in total. The number of aryl methyl sites for hydroxylation is 1. The van der Waals surface area contributed by atoms with Crippen molar-refractivity contribution in [2.24, 2.45) is 0 Å². The van der Waals surface area contributed by atoms with Crippen molar-refractivity contribution in [1.82, 2.24) is 18.7 Å². The van der Waals surface area contributed by atoms with E-state index in [1.165, 1.54) is 8.97 Å². The van der Waals surface area contributed by atoms with Gasteiger partial charge in [-0.25, -0.2) is 13.9 Å². The molecule has 2 aromatic heterocycles. The molecule has 0 fully saturated rings. The van der Waals surface area contributed by atoms with E-state index in [-0.39, 0.29) is 23.7 Å². The number of hydrogen-bond donors (Lipinski definition) is 0. The summed E-state index contributed by atoms with van der Waals surface area (Å²) in [4.78, 5) is 38.6. The number of para-hydroxylation sites is 1. The molecule has 0 unspecified atom stereocenters. The summed E-state index contributed by atoms with van der Waals surface area (Å²) < 4.78 is 9.09. The number of methoxy groups -OCH3 is 1. The average molecular weight is 392 g/mol. The number of ether oxygens (including phenoxy) is 1. The molecule has 0 aliphatic rings. The maximum atomic E-state index is 13.1. The first-order valence-corrected chi connectivity index (χ1v) is 9.33. The lowest BCUT2D eigenvalue weighted by atomic mass is 10.1. The number of hydrogen-bond acceptors (Lipinski definition) is 5. The highest BCUT2D eigenvalue weighted by molar-refractivity contribution is 5.96. The van der Waals surface area contributed by atoms with Crippen LogP contribution in [-0.4, -0.2) is 31.6 Å². The zero-order valence-electron chi connectivity index (χ0n) is 16.2. The SMILES string of the molecule is CCCn1c(=O)c2ccccc2n2c(=O)n(CC(=O)c3ccc(OC)cc3)nc12. The summed E-state index contributed by atoms with van der Waals surface area (Å²) >= 11 is 0. The van der Waals surface area contributed by atoms with Gasteiger partial charge in [0.1, 0.15) is 12.3 Å². The standard InChI is InChI=1S/C21H20N4O4/c1-3-12-23-19(27)16-6-4-5-7-17(16)25-20(23)22-24(21(25)28)13-18(26)14-8-10-15(29-2)11-9-14/h4-11H,3,12-13H2,1-2H3. The second-order valence-corrected chi connectivity index (χ2v) is 6.70. The summed E-state index contributed by atoms with van der Waals surface area (Å²) in [6.45, 7) is 2.15. The smallest absolute Gasteiger partial charge is 0.352 e. The first kappa shape index (κ1) is 18.7. The van der Waals surface area contributed by atoms with Gasteiger partial charge in [0.15, 0.2) is 5.78 Å². The summed E-state index contributed by atoms with van der Waals surface area (Å²) in [5.74, 6) is 0.622. The Morgan fingerprint density at radius 2 is 1.79 bits per heavy atom. The second-order valence-electron chi connectivity index (χ2n) is 6.70. The highest BCUT2D eigenvalue weighted by Gasteiger charge is 2.18. The summed E-state index contributed by atoms with van der Waals surface area (Å²) in [5, 5.41) is 4.77. The number of carbonyl (C=O) groups excluding carboxylic acids is 1. The zero-order chi connectivity index (χ0) is 20.5. The van der Waals surface area contributed by atoms with Gasteiger partial charge in [-0.15, -0.1) is 5.10 Å². The van der Waals surface area contributed by atoms with E-state index in [9.17, 15) is 14.4 Å². The lowest BCUT2D eigenvalue weighted by Crippen LogP contribution is -2.27. The topological polar surface area (TPSA) is 87.6 Å². The van der Waals surface area contributed by atoms with Crippen LogP contribution in [0.5, 0.6) is 5.75 Å². The monoisotopic (exact) mass is 392 g/mol. The molecule has 8 heteroatoms. The first-order valence-electron chi connectivity index (χ1n) is 9.33. The fourth-order valence-corrected chi connectivity index (χ4v) is 3.40. The van der Waals surface area contributed by atoms with Crippen LogP contribution in [0.1, 0.15) is 23.7 Å². The van der Waals surface area contributed by atoms with Crippen LogP contribution in [0.2, 0.25) is 0 Å². The fraction of sp³-hybridized carbons (Fsp3) is 0.238. The van der Waals surface area contributed by atoms with Crippen molar-refractivity contribution in [2.45, 2.75) is 26.4 Å². The van der Waals surface area contributed by atoms with E-state index in [1.807, 2.05) is 6.92 Å². The molecule has 0 saturated heterocycles. The lowest BCUT2D eigenvalue weighted by Gasteiger charge is -2.07. The quantitative estimate of drug-likeness (QED) is 0.469. The minimum Gasteiger partial charge on any atom is -0.497 e. The lowest BCUT2D eigenvalue weighted by molar-refractivity contribution is 0.0966. The molecule has 0 radical (unpaired) electrons. The van der Waals surface area contributed by atoms with E-state index in [1.54, 1.807) is 55.6 Å². The summed E-state index contributed by atoms with van der Waals surface area (Å²) in [6.07, 6.45) is 0.708. The van der Waals surface area contributed by atoms with Crippen molar-refractivity contribution in [2.75, 3.05) is 7.11 Å². The minimum absolute atomic E-state index is 0.200. The Hall–Kier alpha value is -3.68. The summed E-state index contributed by atoms with van der Waals surface area (Å²) in [5.41, 5.74) is 0.273. The molecule has 2 aromatic carbocycles. The largest absolute Gasteiger partial charge is 0.497 e. The van der Waals surface area contributed by atoms with Gasteiger partial charge in [0, 0.05) is 12.1 Å². The Morgan fingerprint density at radius 3 is 2.48 bits per heavy atom. The molecule has 8 nitrogen and oxygen atoms in total. The third-order valence-electron chi connectivity index (χ3n) is 4.84. The molecule has 0 aliphatic carbocycles. The third kappa shape index (κ3) is 3.12. The van der Waals surface area contributed by atoms with Gasteiger partial charge >= 0.3 is 5.69 Å². The molecule has 0 bridgehead atoms. The fourth-order valence-electron chi connectivity index (χ4n) is 3.40. The van der Waals surface area contributed by atoms with Crippen molar-refractivity contribution in [1.29, 1.82) is 0 Å². The number of nitrogens with zero attached hydrogens (tertiary/aromatic N) is 4. The zero-order valence-corrected chi connectivity index (χ0v) is 16.2. The molecule has 0 atom stereocenters. The molecule has 0 aliphatic heterocycles. The van der Waals surface area contributed by atoms with E-state index in [4.69, 9.17) is 4.74 Å². The van der Waals surface area contributed by atoms with E-state index in [0.717, 1.165) is 4.68 Å². The normalized spacial score (nSPS) is 11.2. The Morgan fingerprint density at radius 1 is 1.07 bits per heavy atom. The number of ketones is 1. The predicted molar refractivity (Wildman–Crippen MR) is 109 cm³/mol. The highest BCUT2D eigenvalue weighted by atomic mass is 16.5. The molecular formula is C21H20N4O4. The van der Waals surface area contributed by atoms with E-state index in [2.05, 4.69) is 5.10 Å². The van der Waals surface area contributed by atoms with Crippen LogP contribution in [0.3, 0.4) is 0 Å². The number of fused-ring (bicyclic) bond motifs is 3. The molecular weight excluding hydrogens is 372 g/mol. The number of benzene rings is 2. The van der Waals surface area contributed by atoms with Gasteiger partial charge in [-0.2, -0.15) is 0 Å². The van der Waals surface area contributed by atoms with Crippen LogP contribution in [0, 0.1) is 0 Å². The molecule has 0 amide bonds. The maximum absolute atomic E-state index is 13.1. The maximum Gasteiger partial charge on any atom is 0.352 e. The van der Waals surface area contributed by atoms with Crippen molar-refractivity contribution in [3.05, 3.63) is 74.9 Å². The van der Waals surface area contributed by atoms with Crippen LogP contribution in [0.25, 0.3) is 16.7 Å². The Labute approximate surface area is 165 Å². The van der Waals surface area contributed by atoms with Gasteiger partial charge < -0.3 is 4.74 Å². The average Bonchev–Trinajstić information content (AvgIpc) is 3.07. The van der Waals surface area contributed by atoms with Crippen LogP contribution in [0.15, 0.2) is 58.1 Å². The van der Waals surface area contributed by atoms with Crippen LogP contribution < -0.4 is 16.0 Å². The molecule has 0 saturated carbocycles.